The van der Waals surface area contributed by atoms with Crippen LogP contribution in [0, 0.1) is 0 Å². The van der Waals surface area contributed by atoms with Crippen LogP contribution in [0.5, 0.6) is 11.5 Å². The van der Waals surface area contributed by atoms with Gasteiger partial charge in [0.2, 0.25) is 0 Å². The van der Waals surface area contributed by atoms with Gasteiger partial charge in [-0.05, 0) is 25.0 Å². The Hall–Kier alpha value is -1.22. The number of fused-ring (bicyclic) bond motifs is 1. The first-order valence-electron chi connectivity index (χ1n) is 6.14. The minimum Gasteiger partial charge on any atom is -0.496 e. The molecule has 1 N–H and O–H groups in total. The third kappa shape index (κ3) is 2.39. The lowest BCUT2D eigenvalue weighted by Gasteiger charge is -2.15. The Balaban J connectivity index is 2.28. The summed E-state index contributed by atoms with van der Waals surface area (Å²) >= 11 is 0. The van der Waals surface area contributed by atoms with Crippen LogP contribution >= 0.6 is 0 Å². The van der Waals surface area contributed by atoms with Gasteiger partial charge in [-0.1, -0.05) is 13.8 Å². The maximum atomic E-state index is 5.43. The molecule has 94 valence electrons. The van der Waals surface area contributed by atoms with Crippen molar-refractivity contribution < 1.29 is 9.47 Å². The van der Waals surface area contributed by atoms with Gasteiger partial charge < -0.3 is 14.8 Å². The number of hydrogen-bond donors (Lipinski definition) is 1. The largest absolute Gasteiger partial charge is 0.496 e. The van der Waals surface area contributed by atoms with Gasteiger partial charge in [-0.3, -0.25) is 0 Å². The summed E-state index contributed by atoms with van der Waals surface area (Å²) in [5, 5.41) is 3.58. The maximum absolute atomic E-state index is 5.43. The summed E-state index contributed by atoms with van der Waals surface area (Å²) in [4.78, 5) is 0. The highest BCUT2D eigenvalue weighted by Crippen LogP contribution is 2.37. The molecule has 0 radical (unpaired) electrons. The molecule has 0 saturated carbocycles. The first-order valence-corrected chi connectivity index (χ1v) is 6.14. The molecule has 3 nitrogen and oxygen atoms in total. The van der Waals surface area contributed by atoms with Gasteiger partial charge in [-0.2, -0.15) is 0 Å². The molecule has 3 heteroatoms. The van der Waals surface area contributed by atoms with E-state index in [0.29, 0.717) is 12.1 Å². The average Bonchev–Trinajstić information content (AvgIpc) is 2.69. The highest BCUT2D eigenvalue weighted by molar-refractivity contribution is 5.52. The third-order valence-corrected chi connectivity index (χ3v) is 3.26. The van der Waals surface area contributed by atoms with Gasteiger partial charge >= 0.3 is 0 Å². The van der Waals surface area contributed by atoms with E-state index >= 15 is 0 Å². The first-order chi connectivity index (χ1) is 8.15. The van der Waals surface area contributed by atoms with E-state index in [-0.39, 0.29) is 0 Å². The summed E-state index contributed by atoms with van der Waals surface area (Å²) in [6.07, 6.45) is 2.04. The van der Waals surface area contributed by atoms with Gasteiger partial charge in [-0.15, -0.1) is 0 Å². The van der Waals surface area contributed by atoms with Crippen LogP contribution in [0.15, 0.2) is 12.1 Å². The van der Waals surface area contributed by atoms with E-state index in [1.54, 1.807) is 14.2 Å². The molecule has 0 atom stereocenters. The summed E-state index contributed by atoms with van der Waals surface area (Å²) in [6, 6.07) is 4.99. The molecular formula is C14H21NO2. The van der Waals surface area contributed by atoms with Crippen LogP contribution in [-0.4, -0.2) is 26.3 Å². The zero-order chi connectivity index (χ0) is 12.4. The molecule has 2 rings (SSSR count). The first kappa shape index (κ1) is 12.2. The molecule has 0 aliphatic heterocycles. The maximum Gasteiger partial charge on any atom is 0.122 e. The van der Waals surface area contributed by atoms with Crippen LogP contribution in [0.25, 0.3) is 0 Å². The van der Waals surface area contributed by atoms with Crippen LogP contribution in [0.3, 0.4) is 0 Å². The molecule has 1 aliphatic carbocycles. The van der Waals surface area contributed by atoms with Gasteiger partial charge in [0.25, 0.3) is 0 Å². The summed E-state index contributed by atoms with van der Waals surface area (Å²) in [5.74, 6) is 1.96. The number of methoxy groups -OCH3 is 2. The van der Waals surface area contributed by atoms with Crippen molar-refractivity contribution >= 4 is 0 Å². The Morgan fingerprint density at radius 2 is 1.53 bits per heavy atom. The van der Waals surface area contributed by atoms with Gasteiger partial charge in [0, 0.05) is 23.2 Å². The number of ether oxygens (including phenoxy) is 2. The molecule has 1 aromatic carbocycles. The van der Waals surface area contributed by atoms with Crippen LogP contribution in [0.4, 0.5) is 0 Å². The summed E-state index contributed by atoms with van der Waals surface area (Å²) in [6.45, 7) is 4.36. The van der Waals surface area contributed by atoms with E-state index in [1.807, 2.05) is 12.1 Å². The molecule has 0 unspecified atom stereocenters. The van der Waals surface area contributed by atoms with Crippen molar-refractivity contribution in [3.05, 3.63) is 23.3 Å². The molecule has 1 aliphatic rings. The van der Waals surface area contributed by atoms with E-state index in [1.165, 1.54) is 11.1 Å². The second-order valence-electron chi connectivity index (χ2n) is 4.85. The quantitative estimate of drug-likeness (QED) is 0.867. The Kier molecular flexibility index (Phi) is 3.57. The van der Waals surface area contributed by atoms with Gasteiger partial charge in [0.15, 0.2) is 0 Å². The second-order valence-corrected chi connectivity index (χ2v) is 4.85. The smallest absolute Gasteiger partial charge is 0.122 e. The molecular weight excluding hydrogens is 214 g/mol. The monoisotopic (exact) mass is 235 g/mol. The van der Waals surface area contributed by atoms with E-state index in [9.17, 15) is 0 Å². The zero-order valence-corrected chi connectivity index (χ0v) is 11.0. The number of rotatable bonds is 4. The lowest BCUT2D eigenvalue weighted by atomic mass is 10.1. The lowest BCUT2D eigenvalue weighted by Crippen LogP contribution is -2.35. The van der Waals surface area contributed by atoms with Crippen LogP contribution in [0.2, 0.25) is 0 Å². The molecule has 1 aromatic rings. The molecule has 0 fully saturated rings. The number of benzene rings is 1. The normalized spacial score (nSPS) is 15.1. The SMILES string of the molecule is COc1ccc(OC)c2c1CC(NC(C)C)C2. The van der Waals surface area contributed by atoms with Crippen molar-refractivity contribution in [1.82, 2.24) is 5.32 Å². The summed E-state index contributed by atoms with van der Waals surface area (Å²) < 4.78 is 10.9. The van der Waals surface area contributed by atoms with Crippen LogP contribution in [-0.2, 0) is 12.8 Å². The predicted molar refractivity (Wildman–Crippen MR) is 69.0 cm³/mol. The molecule has 0 heterocycles. The number of nitrogens with one attached hydrogen (secondary N) is 1. The highest BCUT2D eigenvalue weighted by atomic mass is 16.5. The van der Waals surface area contributed by atoms with Gasteiger partial charge in [0.1, 0.15) is 11.5 Å². The Labute approximate surface area is 103 Å². The molecule has 0 bridgehead atoms. The van der Waals surface area contributed by atoms with E-state index in [4.69, 9.17) is 9.47 Å². The minimum atomic E-state index is 0.496. The standard InChI is InChI=1S/C14H21NO2/c1-9(2)15-10-7-11-12(8-10)14(17-4)6-5-13(11)16-3/h5-6,9-10,15H,7-8H2,1-4H3. The van der Waals surface area contributed by atoms with Crippen molar-refractivity contribution in [3.8, 4) is 11.5 Å². The number of hydrogen-bond acceptors (Lipinski definition) is 3. The van der Waals surface area contributed by atoms with Crippen molar-refractivity contribution in [2.45, 2.75) is 38.8 Å². The van der Waals surface area contributed by atoms with Gasteiger partial charge in [0.05, 0.1) is 14.2 Å². The van der Waals surface area contributed by atoms with Gasteiger partial charge in [-0.25, -0.2) is 0 Å². The van der Waals surface area contributed by atoms with Crippen molar-refractivity contribution in [3.63, 3.8) is 0 Å². The predicted octanol–water partition coefficient (Wildman–Crippen LogP) is 2.17. The Morgan fingerprint density at radius 1 is 1.06 bits per heavy atom. The van der Waals surface area contributed by atoms with Crippen molar-refractivity contribution in [1.29, 1.82) is 0 Å². The Morgan fingerprint density at radius 3 is 1.88 bits per heavy atom. The highest BCUT2D eigenvalue weighted by Gasteiger charge is 2.27. The molecule has 0 amide bonds. The fourth-order valence-electron chi connectivity index (χ4n) is 2.63. The second kappa shape index (κ2) is 4.96. The minimum absolute atomic E-state index is 0.496. The van der Waals surface area contributed by atoms with Crippen LogP contribution < -0.4 is 14.8 Å². The van der Waals surface area contributed by atoms with E-state index in [2.05, 4.69) is 19.2 Å². The van der Waals surface area contributed by atoms with E-state index in [0.717, 1.165) is 24.3 Å². The molecule has 17 heavy (non-hydrogen) atoms. The summed E-state index contributed by atoms with van der Waals surface area (Å²) in [7, 11) is 3.45. The molecule has 0 saturated heterocycles. The fraction of sp³-hybridized carbons (Fsp3) is 0.571. The van der Waals surface area contributed by atoms with Crippen molar-refractivity contribution in [2.75, 3.05) is 14.2 Å². The molecule has 0 spiro atoms. The topological polar surface area (TPSA) is 30.5 Å². The van der Waals surface area contributed by atoms with E-state index < -0.39 is 0 Å². The fourth-order valence-corrected chi connectivity index (χ4v) is 2.63. The zero-order valence-electron chi connectivity index (χ0n) is 11.0. The third-order valence-electron chi connectivity index (χ3n) is 3.26. The van der Waals surface area contributed by atoms with Crippen molar-refractivity contribution in [2.24, 2.45) is 0 Å². The Bertz CT molecular complexity index is 368. The average molecular weight is 235 g/mol. The molecule has 0 aromatic heterocycles. The van der Waals surface area contributed by atoms with Crippen LogP contribution in [0.1, 0.15) is 25.0 Å². The lowest BCUT2D eigenvalue weighted by molar-refractivity contribution is 0.398. The summed E-state index contributed by atoms with van der Waals surface area (Å²) in [5.41, 5.74) is 2.59.